The lowest BCUT2D eigenvalue weighted by Gasteiger charge is -2.19. The summed E-state index contributed by atoms with van der Waals surface area (Å²) in [6.07, 6.45) is 0.851. The number of nitrogens with zero attached hydrogens (tertiary/aromatic N) is 2. The van der Waals surface area contributed by atoms with Crippen LogP contribution in [0.25, 0.3) is 0 Å². The molecule has 1 unspecified atom stereocenters. The zero-order valence-corrected chi connectivity index (χ0v) is 12.5. The van der Waals surface area contributed by atoms with Gasteiger partial charge in [0.15, 0.2) is 0 Å². The van der Waals surface area contributed by atoms with E-state index in [2.05, 4.69) is 5.32 Å². The zero-order valence-electron chi connectivity index (χ0n) is 11.8. The van der Waals surface area contributed by atoms with E-state index in [1.54, 1.807) is 11.0 Å². The number of aliphatic hydroxyl groups excluding tert-OH is 1. The molecule has 0 aliphatic carbocycles. The van der Waals surface area contributed by atoms with Crippen LogP contribution in [0.5, 0.6) is 0 Å². The van der Waals surface area contributed by atoms with Crippen molar-refractivity contribution in [3.63, 3.8) is 0 Å². The molecule has 1 aliphatic heterocycles. The van der Waals surface area contributed by atoms with E-state index >= 15 is 0 Å². The Kier molecular flexibility index (Phi) is 4.73. The standard InChI is InChI=1S/C14H20ClN3O2/c1-17(2)13-4-3-11(7-12(13)15)16-14(20)18-6-5-10(8-18)9-19/h3-4,7,10,19H,5-6,8-9H2,1-2H3,(H,16,20). The average molecular weight is 298 g/mol. The minimum atomic E-state index is -0.144. The highest BCUT2D eigenvalue weighted by Gasteiger charge is 2.25. The summed E-state index contributed by atoms with van der Waals surface area (Å²) >= 11 is 6.17. The van der Waals surface area contributed by atoms with Crippen molar-refractivity contribution in [3.05, 3.63) is 23.2 Å². The Balaban J connectivity index is 2.00. The number of hydrogen-bond acceptors (Lipinski definition) is 3. The van der Waals surface area contributed by atoms with Crippen molar-refractivity contribution in [2.75, 3.05) is 44.0 Å². The van der Waals surface area contributed by atoms with Crippen LogP contribution in [0.4, 0.5) is 16.2 Å². The van der Waals surface area contributed by atoms with Gasteiger partial charge < -0.3 is 20.2 Å². The molecule has 2 rings (SSSR count). The third-order valence-electron chi connectivity index (χ3n) is 3.51. The molecule has 1 aliphatic rings. The molecule has 6 heteroatoms. The molecule has 2 amide bonds. The second-order valence-corrected chi connectivity index (χ2v) is 5.68. The highest BCUT2D eigenvalue weighted by Crippen LogP contribution is 2.27. The summed E-state index contributed by atoms with van der Waals surface area (Å²) in [6.45, 7) is 1.42. The fourth-order valence-electron chi connectivity index (χ4n) is 2.32. The second-order valence-electron chi connectivity index (χ2n) is 5.27. The molecule has 0 radical (unpaired) electrons. The summed E-state index contributed by atoms with van der Waals surface area (Å²) in [4.78, 5) is 15.7. The predicted molar refractivity (Wildman–Crippen MR) is 81.6 cm³/mol. The molecule has 5 nitrogen and oxygen atoms in total. The summed E-state index contributed by atoms with van der Waals surface area (Å²) in [6, 6.07) is 5.31. The van der Waals surface area contributed by atoms with E-state index in [4.69, 9.17) is 16.7 Å². The van der Waals surface area contributed by atoms with Crippen LogP contribution < -0.4 is 10.2 Å². The van der Waals surface area contributed by atoms with Crippen LogP contribution in [0.3, 0.4) is 0 Å². The van der Waals surface area contributed by atoms with Crippen molar-refractivity contribution >= 4 is 29.0 Å². The van der Waals surface area contributed by atoms with Crippen LogP contribution in [-0.4, -0.2) is 49.8 Å². The number of amides is 2. The molecule has 0 saturated carbocycles. The van der Waals surface area contributed by atoms with Gasteiger partial charge in [-0.05, 0) is 24.6 Å². The quantitative estimate of drug-likeness (QED) is 0.900. The van der Waals surface area contributed by atoms with Gasteiger partial charge >= 0.3 is 6.03 Å². The molecule has 1 aromatic rings. The number of carbonyl (C=O) groups is 1. The molecule has 20 heavy (non-hydrogen) atoms. The van der Waals surface area contributed by atoms with E-state index < -0.39 is 0 Å². The topological polar surface area (TPSA) is 55.8 Å². The monoisotopic (exact) mass is 297 g/mol. The molecule has 0 aromatic heterocycles. The van der Waals surface area contributed by atoms with E-state index in [1.165, 1.54) is 0 Å². The maximum absolute atomic E-state index is 12.1. The molecule has 1 heterocycles. The number of likely N-dealkylation sites (tertiary alicyclic amines) is 1. The lowest BCUT2D eigenvalue weighted by molar-refractivity contribution is 0.209. The highest BCUT2D eigenvalue weighted by molar-refractivity contribution is 6.33. The maximum atomic E-state index is 12.1. The number of halogens is 1. The van der Waals surface area contributed by atoms with Crippen LogP contribution in [0.2, 0.25) is 5.02 Å². The SMILES string of the molecule is CN(C)c1ccc(NC(=O)N2CCC(CO)C2)cc1Cl. The first kappa shape index (κ1) is 14.9. The third-order valence-corrected chi connectivity index (χ3v) is 3.81. The Bertz CT molecular complexity index is 493. The van der Waals surface area contributed by atoms with E-state index in [0.717, 1.165) is 12.1 Å². The first-order chi connectivity index (χ1) is 9.51. The van der Waals surface area contributed by atoms with Gasteiger partial charge in [-0.3, -0.25) is 0 Å². The molecule has 1 atom stereocenters. The van der Waals surface area contributed by atoms with Gasteiger partial charge in [0.1, 0.15) is 0 Å². The van der Waals surface area contributed by atoms with Crippen molar-refractivity contribution < 1.29 is 9.90 Å². The number of aliphatic hydroxyl groups is 1. The molecule has 2 N–H and O–H groups in total. The van der Waals surface area contributed by atoms with E-state index in [1.807, 2.05) is 31.1 Å². The van der Waals surface area contributed by atoms with E-state index in [-0.39, 0.29) is 18.6 Å². The lowest BCUT2D eigenvalue weighted by Crippen LogP contribution is -2.33. The molecule has 1 saturated heterocycles. The minimum Gasteiger partial charge on any atom is -0.396 e. The maximum Gasteiger partial charge on any atom is 0.321 e. The van der Waals surface area contributed by atoms with Crippen molar-refractivity contribution in [2.24, 2.45) is 5.92 Å². The van der Waals surface area contributed by atoms with Crippen molar-refractivity contribution in [1.29, 1.82) is 0 Å². The number of anilines is 2. The average Bonchev–Trinajstić information content (AvgIpc) is 2.87. The summed E-state index contributed by atoms with van der Waals surface area (Å²) in [5, 5.41) is 12.5. The number of carbonyl (C=O) groups excluding carboxylic acids is 1. The second kappa shape index (κ2) is 6.33. The highest BCUT2D eigenvalue weighted by atomic mass is 35.5. The van der Waals surface area contributed by atoms with Gasteiger partial charge in [-0.2, -0.15) is 0 Å². The Morgan fingerprint density at radius 2 is 2.30 bits per heavy atom. The predicted octanol–water partition coefficient (Wildman–Crippen LogP) is 2.25. The van der Waals surface area contributed by atoms with Crippen molar-refractivity contribution in [2.45, 2.75) is 6.42 Å². The van der Waals surface area contributed by atoms with Gasteiger partial charge in [0.05, 0.1) is 10.7 Å². The third kappa shape index (κ3) is 3.35. The zero-order chi connectivity index (χ0) is 14.7. The molecular weight excluding hydrogens is 278 g/mol. The van der Waals surface area contributed by atoms with Gasteiger partial charge in [0, 0.05) is 45.4 Å². The van der Waals surface area contributed by atoms with Gasteiger partial charge in [-0.1, -0.05) is 11.6 Å². The largest absolute Gasteiger partial charge is 0.396 e. The van der Waals surface area contributed by atoms with Crippen LogP contribution in [-0.2, 0) is 0 Å². The van der Waals surface area contributed by atoms with Gasteiger partial charge in [-0.25, -0.2) is 4.79 Å². The Hall–Kier alpha value is -1.46. The van der Waals surface area contributed by atoms with Crippen LogP contribution in [0.15, 0.2) is 18.2 Å². The number of nitrogens with one attached hydrogen (secondary N) is 1. The smallest absolute Gasteiger partial charge is 0.321 e. The van der Waals surface area contributed by atoms with Crippen LogP contribution >= 0.6 is 11.6 Å². The van der Waals surface area contributed by atoms with Crippen LogP contribution in [0, 0.1) is 5.92 Å². The van der Waals surface area contributed by atoms with E-state index in [9.17, 15) is 4.79 Å². The van der Waals surface area contributed by atoms with Crippen LogP contribution in [0.1, 0.15) is 6.42 Å². The van der Waals surface area contributed by atoms with Gasteiger partial charge in [-0.15, -0.1) is 0 Å². The normalized spacial score (nSPS) is 18.2. The number of rotatable bonds is 3. The Labute approximate surface area is 124 Å². The minimum absolute atomic E-state index is 0.132. The first-order valence-electron chi connectivity index (χ1n) is 6.65. The Morgan fingerprint density at radius 1 is 1.55 bits per heavy atom. The first-order valence-corrected chi connectivity index (χ1v) is 7.02. The summed E-state index contributed by atoms with van der Waals surface area (Å²) in [5.41, 5.74) is 1.59. The number of hydrogen-bond donors (Lipinski definition) is 2. The summed E-state index contributed by atoms with van der Waals surface area (Å²) < 4.78 is 0. The Morgan fingerprint density at radius 3 is 2.85 bits per heavy atom. The van der Waals surface area contributed by atoms with Gasteiger partial charge in [0.25, 0.3) is 0 Å². The van der Waals surface area contributed by atoms with Crippen molar-refractivity contribution in [3.8, 4) is 0 Å². The molecular formula is C14H20ClN3O2. The summed E-state index contributed by atoms with van der Waals surface area (Å²) in [7, 11) is 3.83. The molecule has 0 bridgehead atoms. The molecule has 1 aromatic carbocycles. The fraction of sp³-hybridized carbons (Fsp3) is 0.500. The number of urea groups is 1. The van der Waals surface area contributed by atoms with Gasteiger partial charge in [0.2, 0.25) is 0 Å². The molecule has 1 fully saturated rings. The molecule has 0 spiro atoms. The lowest BCUT2D eigenvalue weighted by atomic mass is 10.1. The van der Waals surface area contributed by atoms with E-state index in [0.29, 0.717) is 23.8 Å². The number of benzene rings is 1. The van der Waals surface area contributed by atoms with Crippen molar-refractivity contribution in [1.82, 2.24) is 4.90 Å². The molecule has 110 valence electrons. The fourth-order valence-corrected chi connectivity index (χ4v) is 2.67. The summed E-state index contributed by atoms with van der Waals surface area (Å²) in [5.74, 6) is 0.195.